The Kier molecular flexibility index (Phi) is 14.5. The fraction of sp³-hybridized carbons (Fsp3) is 0.471. The van der Waals surface area contributed by atoms with E-state index in [0.29, 0.717) is 49.7 Å². The first-order valence-electron chi connectivity index (χ1n) is 16.0. The van der Waals surface area contributed by atoms with E-state index in [1.165, 1.54) is 55.9 Å². The second-order valence-electron chi connectivity index (χ2n) is 11.9. The molecule has 274 valence electrons. The second-order valence-corrected chi connectivity index (χ2v) is 14.8. The van der Waals surface area contributed by atoms with Crippen LogP contribution in [0.4, 0.5) is 8.78 Å². The van der Waals surface area contributed by atoms with Gasteiger partial charge in [0.2, 0.25) is 0 Å². The van der Waals surface area contributed by atoms with Gasteiger partial charge in [-0.25, -0.2) is 18.2 Å². The summed E-state index contributed by atoms with van der Waals surface area (Å²) < 4.78 is 80.6. The molecule has 1 atom stereocenters. The van der Waals surface area contributed by atoms with Gasteiger partial charge in [0.15, 0.2) is 33.7 Å². The average molecular weight is 762 g/mol. The standard InChI is InChI=1S/C34H38Cl2F2N2O8S.H2O/c1-44-29-9-7-24(17-32(29)49(42,43)15-3-2-10-40-11-13-45-14-12-40)33(41)47-30(18-25-26(35)19-39-20-27(25)36)23-6-8-28(48-34(37)38)31(16-23)46-21-22-4-5-22;/h6-9,16-17,19-20,22,30,34H,2-5,10-15,18,21H2,1H3;1H2/t30-;/m0./s1. The number of pyridine rings is 1. The Hall–Kier alpha value is -3.27. The number of esters is 1. The van der Waals surface area contributed by atoms with Gasteiger partial charge < -0.3 is 29.2 Å². The Morgan fingerprint density at radius 1 is 1.02 bits per heavy atom. The number of morpholine rings is 1. The first-order chi connectivity index (χ1) is 23.5. The summed E-state index contributed by atoms with van der Waals surface area (Å²) in [6.45, 7) is 0.959. The molecule has 2 fully saturated rings. The number of carbonyl (C=O) groups is 1. The number of nitrogens with zero attached hydrogens (tertiary/aromatic N) is 1. The first-order valence-corrected chi connectivity index (χ1v) is 18.4. The summed E-state index contributed by atoms with van der Waals surface area (Å²) >= 11 is 12.9. The lowest BCUT2D eigenvalue weighted by Crippen LogP contribution is -2.36. The summed E-state index contributed by atoms with van der Waals surface area (Å²) in [5.41, 5.74) is 0.824. The molecule has 2 aliphatic rings. The molecule has 50 heavy (non-hydrogen) atoms. The lowest BCUT2D eigenvalue weighted by atomic mass is 10.0. The number of H-pyrrole nitrogens is 1. The molecule has 3 aromatic rings. The summed E-state index contributed by atoms with van der Waals surface area (Å²) in [6, 6.07) is 8.36. The average Bonchev–Trinajstić information content (AvgIpc) is 3.92. The van der Waals surface area contributed by atoms with Gasteiger partial charge >= 0.3 is 12.6 Å². The van der Waals surface area contributed by atoms with Gasteiger partial charge in [-0.05, 0) is 74.0 Å². The Morgan fingerprint density at radius 3 is 2.38 bits per heavy atom. The highest BCUT2D eigenvalue weighted by Gasteiger charge is 2.28. The second kappa shape index (κ2) is 18.3. The molecule has 2 aromatic carbocycles. The molecule has 0 unspecified atom stereocenters. The summed E-state index contributed by atoms with van der Waals surface area (Å²) in [6.07, 6.45) is 5.05. The van der Waals surface area contributed by atoms with Crippen molar-refractivity contribution in [3.63, 3.8) is 0 Å². The van der Waals surface area contributed by atoms with Gasteiger partial charge in [0.05, 0.1) is 38.2 Å². The SMILES string of the molecule is COc1ccc(C(=O)O[C@@H](Cc2c(Cl)c[nH+]cc2Cl)c2ccc(OC(F)F)c(OCC3CC3)c2)cc1S(=O)(=O)CCCCN1CCOCC1.[OH-]. The van der Waals surface area contributed by atoms with Crippen molar-refractivity contribution < 1.29 is 56.1 Å². The molecule has 1 aromatic heterocycles. The number of unbranched alkanes of at least 4 members (excludes halogenated alkanes) is 1. The Morgan fingerprint density at radius 2 is 1.72 bits per heavy atom. The number of hydrogen-bond donors (Lipinski definition) is 0. The number of rotatable bonds is 17. The molecule has 1 aliphatic heterocycles. The van der Waals surface area contributed by atoms with E-state index in [1.54, 1.807) is 0 Å². The van der Waals surface area contributed by atoms with Gasteiger partial charge in [0, 0.05) is 25.1 Å². The molecular formula is C34H40Cl2F2N2O9S. The monoisotopic (exact) mass is 760 g/mol. The molecule has 0 spiro atoms. The van der Waals surface area contributed by atoms with Crippen LogP contribution in [-0.4, -0.2) is 83.7 Å². The zero-order valence-corrected chi connectivity index (χ0v) is 29.7. The van der Waals surface area contributed by atoms with Crippen molar-refractivity contribution in [2.24, 2.45) is 5.92 Å². The Bertz CT molecular complexity index is 1690. The fourth-order valence-electron chi connectivity index (χ4n) is 5.41. The van der Waals surface area contributed by atoms with Crippen LogP contribution in [0.5, 0.6) is 17.2 Å². The molecular weight excluding hydrogens is 721 g/mol. The minimum Gasteiger partial charge on any atom is -0.870 e. The number of ether oxygens (including phenoxy) is 5. The molecule has 1 aliphatic carbocycles. The van der Waals surface area contributed by atoms with Crippen molar-refractivity contribution in [1.82, 2.24) is 4.90 Å². The molecule has 1 saturated heterocycles. The van der Waals surface area contributed by atoms with E-state index < -0.39 is 28.5 Å². The lowest BCUT2D eigenvalue weighted by molar-refractivity contribution is -0.377. The molecule has 0 bridgehead atoms. The van der Waals surface area contributed by atoms with Crippen molar-refractivity contribution in [2.45, 2.75) is 49.7 Å². The van der Waals surface area contributed by atoms with Crippen molar-refractivity contribution in [1.29, 1.82) is 0 Å². The fourth-order valence-corrected chi connectivity index (χ4v) is 7.51. The number of aromatic nitrogens is 1. The molecule has 5 rings (SSSR count). The molecule has 0 radical (unpaired) electrons. The highest BCUT2D eigenvalue weighted by atomic mass is 35.5. The predicted octanol–water partition coefficient (Wildman–Crippen LogP) is 6.06. The zero-order valence-electron chi connectivity index (χ0n) is 27.4. The number of benzene rings is 2. The van der Waals surface area contributed by atoms with E-state index in [1.807, 2.05) is 0 Å². The van der Waals surface area contributed by atoms with E-state index >= 15 is 0 Å². The number of carbonyl (C=O) groups excluding carboxylic acids is 1. The third-order valence-electron chi connectivity index (χ3n) is 8.34. The van der Waals surface area contributed by atoms with Gasteiger partial charge in [-0.3, -0.25) is 4.90 Å². The molecule has 2 heterocycles. The van der Waals surface area contributed by atoms with E-state index in [2.05, 4.69) is 14.6 Å². The van der Waals surface area contributed by atoms with Crippen molar-refractivity contribution in [2.75, 3.05) is 52.3 Å². The van der Waals surface area contributed by atoms with Gasteiger partial charge in [0.1, 0.15) is 26.8 Å². The third kappa shape index (κ3) is 10.9. The molecule has 0 amide bonds. The maximum absolute atomic E-state index is 13.7. The van der Waals surface area contributed by atoms with Gasteiger partial charge in [-0.15, -0.1) is 0 Å². The number of methoxy groups -OCH3 is 1. The third-order valence-corrected chi connectivity index (χ3v) is 10.8. The largest absolute Gasteiger partial charge is 0.870 e. The Labute approximate surface area is 299 Å². The molecule has 2 N–H and O–H groups in total. The topological polar surface area (TPSA) is 145 Å². The van der Waals surface area contributed by atoms with Crippen LogP contribution in [0.2, 0.25) is 10.0 Å². The van der Waals surface area contributed by atoms with Crippen LogP contribution >= 0.6 is 23.2 Å². The number of aromatic amines is 1. The number of sulfone groups is 1. The number of halogens is 4. The normalized spacial score (nSPS) is 15.6. The van der Waals surface area contributed by atoms with E-state index in [9.17, 15) is 22.0 Å². The highest BCUT2D eigenvalue weighted by molar-refractivity contribution is 7.91. The van der Waals surface area contributed by atoms with Crippen molar-refractivity contribution in [3.8, 4) is 17.2 Å². The maximum atomic E-state index is 13.7. The maximum Gasteiger partial charge on any atom is 0.387 e. The molecule has 16 heteroatoms. The van der Waals surface area contributed by atoms with Gasteiger partial charge in [-0.2, -0.15) is 8.78 Å². The minimum atomic E-state index is -3.84. The minimum absolute atomic E-state index is 0. The smallest absolute Gasteiger partial charge is 0.387 e. The van der Waals surface area contributed by atoms with Crippen molar-refractivity contribution in [3.05, 3.63) is 75.5 Å². The first kappa shape index (κ1) is 39.5. The Balaban J connectivity index is 0.00000562. The molecule has 1 saturated carbocycles. The van der Waals surface area contributed by atoms with Gasteiger partial charge in [-0.1, -0.05) is 29.3 Å². The number of nitrogens with one attached hydrogen (secondary N) is 1. The predicted molar refractivity (Wildman–Crippen MR) is 180 cm³/mol. The number of hydrogen-bond acceptors (Lipinski definition) is 10. The van der Waals surface area contributed by atoms with E-state index in [0.717, 1.165) is 32.5 Å². The van der Waals surface area contributed by atoms with Crippen LogP contribution in [0.25, 0.3) is 0 Å². The summed E-state index contributed by atoms with van der Waals surface area (Å²) in [5, 5.41) is 0.561. The van der Waals surface area contributed by atoms with Crippen LogP contribution in [0, 0.1) is 5.92 Å². The highest BCUT2D eigenvalue weighted by Crippen LogP contribution is 2.38. The number of alkyl halides is 2. The summed E-state index contributed by atoms with van der Waals surface area (Å²) in [4.78, 5) is 18.7. The lowest BCUT2D eigenvalue weighted by Gasteiger charge is -2.26. The zero-order chi connectivity index (χ0) is 35.0. The quantitative estimate of drug-likeness (QED) is 0.118. The molecule has 11 nitrogen and oxygen atoms in total. The summed E-state index contributed by atoms with van der Waals surface area (Å²) in [7, 11) is -2.48. The summed E-state index contributed by atoms with van der Waals surface area (Å²) in [5.74, 6) is -0.638. The van der Waals surface area contributed by atoms with Gasteiger partial charge in [0.25, 0.3) is 0 Å². The van der Waals surface area contributed by atoms with Crippen LogP contribution in [0.1, 0.15) is 53.3 Å². The van der Waals surface area contributed by atoms with Crippen LogP contribution in [0.15, 0.2) is 53.7 Å². The van der Waals surface area contributed by atoms with Crippen LogP contribution < -0.4 is 19.2 Å². The van der Waals surface area contributed by atoms with Crippen molar-refractivity contribution >= 4 is 39.0 Å². The van der Waals surface area contributed by atoms with Crippen LogP contribution in [0.3, 0.4) is 0 Å². The van der Waals surface area contributed by atoms with E-state index in [4.69, 9.17) is 42.1 Å². The van der Waals surface area contributed by atoms with E-state index in [-0.39, 0.29) is 55.4 Å². The van der Waals surface area contributed by atoms with Crippen LogP contribution in [-0.2, 0) is 25.7 Å².